The number of carboxylic acid groups (broad SMARTS) is 1. The van der Waals surface area contributed by atoms with Crippen LogP contribution in [-0.4, -0.2) is 29.1 Å². The summed E-state index contributed by atoms with van der Waals surface area (Å²) in [7, 11) is 0. The summed E-state index contributed by atoms with van der Waals surface area (Å²) in [4.78, 5) is 27.4. The number of carbonyl (C=O) groups is 2. The molecular formula is C12H11N2O4S-. The van der Waals surface area contributed by atoms with Crippen LogP contribution in [0.4, 0.5) is 5.13 Å². The Morgan fingerprint density at radius 2 is 2.05 bits per heavy atom. The third-order valence-electron chi connectivity index (χ3n) is 3.32. The summed E-state index contributed by atoms with van der Waals surface area (Å²) in [6, 6.07) is 0. The second kappa shape index (κ2) is 4.43. The third kappa shape index (κ3) is 2.04. The number of hydrogen-bond donors (Lipinski definition) is 1. The largest absolute Gasteiger partial charge is 0.550 e. The van der Waals surface area contributed by atoms with Crippen LogP contribution in [0, 0.1) is 18.8 Å². The molecule has 0 aliphatic carbocycles. The molecule has 0 spiro atoms. The first-order chi connectivity index (χ1) is 9.06. The van der Waals surface area contributed by atoms with E-state index in [0.717, 1.165) is 5.69 Å². The summed E-state index contributed by atoms with van der Waals surface area (Å²) in [5, 5.41) is 16.1. The molecule has 3 rings (SSSR count). The van der Waals surface area contributed by atoms with Crippen molar-refractivity contribution >= 4 is 28.3 Å². The number of thiazole rings is 1. The quantitative estimate of drug-likeness (QED) is 0.768. The molecule has 6 nitrogen and oxygen atoms in total. The van der Waals surface area contributed by atoms with E-state index in [1.165, 1.54) is 11.3 Å². The lowest BCUT2D eigenvalue weighted by Gasteiger charge is -2.24. The summed E-state index contributed by atoms with van der Waals surface area (Å²) < 4.78 is 5.41. The van der Waals surface area contributed by atoms with Gasteiger partial charge in [0.2, 0.25) is 5.91 Å². The van der Waals surface area contributed by atoms with Crippen LogP contribution in [-0.2, 0) is 14.3 Å². The van der Waals surface area contributed by atoms with E-state index in [4.69, 9.17) is 4.74 Å². The Kier molecular flexibility index (Phi) is 2.87. The second-order valence-corrected chi connectivity index (χ2v) is 5.46. The standard InChI is InChI=1S/C12H12N2O4S/c1-5-4-19-12(13-5)14-10(15)8-6-2-3-7(18-6)9(8)11(16)17/h2-4,6-9H,1H3,(H,16,17)(H,13,14,15)/p-1/t6-,7+,8-,9-/m0/s1. The summed E-state index contributed by atoms with van der Waals surface area (Å²) >= 11 is 1.30. The van der Waals surface area contributed by atoms with Crippen LogP contribution in [0.3, 0.4) is 0 Å². The smallest absolute Gasteiger partial charge is 0.233 e. The highest BCUT2D eigenvalue weighted by Crippen LogP contribution is 2.39. The van der Waals surface area contributed by atoms with Crippen molar-refractivity contribution in [2.75, 3.05) is 5.32 Å². The number of aromatic nitrogens is 1. The van der Waals surface area contributed by atoms with Crippen LogP contribution in [0.2, 0.25) is 0 Å². The van der Waals surface area contributed by atoms with Crippen molar-refractivity contribution in [3.05, 3.63) is 23.2 Å². The number of aryl methyl sites for hydroxylation is 1. The molecule has 3 heterocycles. The van der Waals surface area contributed by atoms with Gasteiger partial charge in [-0.05, 0) is 6.92 Å². The predicted octanol–water partition coefficient (Wildman–Crippen LogP) is -0.290. The minimum absolute atomic E-state index is 0.389. The van der Waals surface area contributed by atoms with Crippen molar-refractivity contribution in [3.63, 3.8) is 0 Å². The van der Waals surface area contributed by atoms with Gasteiger partial charge in [-0.25, -0.2) is 4.98 Å². The van der Waals surface area contributed by atoms with Gasteiger partial charge in [0.1, 0.15) is 0 Å². The molecule has 2 aliphatic heterocycles. The first kappa shape index (κ1) is 12.3. The van der Waals surface area contributed by atoms with Crippen molar-refractivity contribution in [2.24, 2.45) is 11.8 Å². The topological polar surface area (TPSA) is 91.4 Å². The van der Waals surface area contributed by atoms with E-state index in [1.54, 1.807) is 12.2 Å². The number of amides is 1. The van der Waals surface area contributed by atoms with Gasteiger partial charge in [-0.1, -0.05) is 12.2 Å². The predicted molar refractivity (Wildman–Crippen MR) is 65.3 cm³/mol. The van der Waals surface area contributed by atoms with Gasteiger partial charge >= 0.3 is 0 Å². The number of rotatable bonds is 3. The minimum Gasteiger partial charge on any atom is -0.550 e. The highest BCUT2D eigenvalue weighted by atomic mass is 32.1. The van der Waals surface area contributed by atoms with Gasteiger partial charge < -0.3 is 20.0 Å². The highest BCUT2D eigenvalue weighted by Gasteiger charge is 2.50. The Balaban J connectivity index is 1.79. The van der Waals surface area contributed by atoms with E-state index < -0.39 is 30.0 Å². The zero-order valence-corrected chi connectivity index (χ0v) is 10.8. The molecule has 1 saturated heterocycles. The average Bonchev–Trinajstić information content (AvgIpc) is 3.03. The van der Waals surface area contributed by atoms with Crippen LogP contribution in [0.25, 0.3) is 0 Å². The van der Waals surface area contributed by atoms with Gasteiger partial charge in [0.05, 0.1) is 23.8 Å². The molecule has 7 heteroatoms. The van der Waals surface area contributed by atoms with E-state index in [2.05, 4.69) is 10.3 Å². The maximum atomic E-state index is 12.2. The molecule has 0 saturated carbocycles. The Labute approximate surface area is 113 Å². The number of ether oxygens (including phenoxy) is 1. The molecular weight excluding hydrogens is 268 g/mol. The molecule has 0 unspecified atom stereocenters. The third-order valence-corrected chi connectivity index (χ3v) is 4.20. The molecule has 19 heavy (non-hydrogen) atoms. The van der Waals surface area contributed by atoms with Gasteiger partial charge in [-0.15, -0.1) is 11.3 Å². The lowest BCUT2D eigenvalue weighted by atomic mass is 9.82. The van der Waals surface area contributed by atoms with Crippen molar-refractivity contribution < 1.29 is 19.4 Å². The number of anilines is 1. The first-order valence-electron chi connectivity index (χ1n) is 5.84. The first-order valence-corrected chi connectivity index (χ1v) is 6.72. The SMILES string of the molecule is Cc1csc(NC(=O)[C@@H]2[C@@H](C(=O)[O-])[C@H]3C=C[C@@H]2O3)n1. The van der Waals surface area contributed by atoms with Crippen molar-refractivity contribution in [1.82, 2.24) is 4.98 Å². The van der Waals surface area contributed by atoms with Crippen LogP contribution in [0.15, 0.2) is 17.5 Å². The van der Waals surface area contributed by atoms with Crippen molar-refractivity contribution in [2.45, 2.75) is 19.1 Å². The molecule has 100 valence electrons. The van der Waals surface area contributed by atoms with E-state index in [9.17, 15) is 14.7 Å². The van der Waals surface area contributed by atoms with Crippen LogP contribution < -0.4 is 10.4 Å². The summed E-state index contributed by atoms with van der Waals surface area (Å²) in [6.07, 6.45) is 2.34. The normalized spacial score (nSPS) is 31.6. The fourth-order valence-corrected chi connectivity index (χ4v) is 3.19. The van der Waals surface area contributed by atoms with E-state index in [0.29, 0.717) is 5.13 Å². The summed E-state index contributed by atoms with van der Waals surface area (Å²) in [6.45, 7) is 1.82. The molecule has 1 amide bonds. The zero-order chi connectivity index (χ0) is 13.6. The van der Waals surface area contributed by atoms with Crippen LogP contribution in [0.5, 0.6) is 0 Å². The van der Waals surface area contributed by atoms with Crippen molar-refractivity contribution in [1.29, 1.82) is 0 Å². The number of carbonyl (C=O) groups excluding carboxylic acids is 2. The average molecular weight is 279 g/mol. The monoisotopic (exact) mass is 279 g/mol. The zero-order valence-electron chi connectivity index (χ0n) is 10.0. The van der Waals surface area contributed by atoms with Gasteiger partial charge in [0.25, 0.3) is 0 Å². The van der Waals surface area contributed by atoms with Gasteiger partial charge in [-0.3, -0.25) is 4.79 Å². The van der Waals surface area contributed by atoms with E-state index in [1.807, 2.05) is 12.3 Å². The fourth-order valence-electron chi connectivity index (χ4n) is 2.50. The number of hydrogen-bond acceptors (Lipinski definition) is 6. The molecule has 2 aliphatic rings. The number of aliphatic carboxylic acids is 1. The maximum Gasteiger partial charge on any atom is 0.233 e. The summed E-state index contributed by atoms with van der Waals surface area (Å²) in [5.41, 5.74) is 0.806. The molecule has 1 N–H and O–H groups in total. The lowest BCUT2D eigenvalue weighted by Crippen LogP contribution is -2.45. The second-order valence-electron chi connectivity index (χ2n) is 4.60. The molecule has 1 fully saturated rings. The van der Waals surface area contributed by atoms with Crippen LogP contribution >= 0.6 is 11.3 Å². The Morgan fingerprint density at radius 3 is 2.63 bits per heavy atom. The Bertz CT molecular complexity index is 568. The summed E-state index contributed by atoms with van der Waals surface area (Å²) in [5.74, 6) is -3.34. The van der Waals surface area contributed by atoms with Gasteiger partial charge in [-0.2, -0.15) is 0 Å². The van der Waals surface area contributed by atoms with Crippen LogP contribution in [0.1, 0.15) is 5.69 Å². The maximum absolute atomic E-state index is 12.2. The molecule has 2 bridgehead atoms. The fraction of sp³-hybridized carbons (Fsp3) is 0.417. The van der Waals surface area contributed by atoms with Crippen molar-refractivity contribution in [3.8, 4) is 0 Å². The lowest BCUT2D eigenvalue weighted by molar-refractivity contribution is -0.313. The number of nitrogens with one attached hydrogen (secondary N) is 1. The highest BCUT2D eigenvalue weighted by molar-refractivity contribution is 7.13. The Hall–Kier alpha value is -1.73. The number of fused-ring (bicyclic) bond motifs is 2. The molecule has 0 radical (unpaired) electrons. The van der Waals surface area contributed by atoms with E-state index >= 15 is 0 Å². The molecule has 1 aromatic rings. The Morgan fingerprint density at radius 1 is 1.37 bits per heavy atom. The van der Waals surface area contributed by atoms with E-state index in [-0.39, 0.29) is 5.91 Å². The van der Waals surface area contributed by atoms with Gasteiger partial charge in [0.15, 0.2) is 5.13 Å². The number of nitrogens with zero attached hydrogens (tertiary/aromatic N) is 1. The molecule has 1 aromatic heterocycles. The minimum atomic E-state index is -1.26. The molecule has 4 atom stereocenters. The molecule has 0 aromatic carbocycles. The van der Waals surface area contributed by atoms with Gasteiger partial charge in [0, 0.05) is 17.3 Å². The number of carboxylic acids is 1.